The van der Waals surface area contributed by atoms with Crippen LogP contribution in [0, 0.1) is 27.7 Å². The lowest BCUT2D eigenvalue weighted by atomic mass is 9.93. The highest BCUT2D eigenvalue weighted by atomic mass is 35.5. The Morgan fingerprint density at radius 1 is 0.900 bits per heavy atom. The van der Waals surface area contributed by atoms with Crippen molar-refractivity contribution in [2.45, 2.75) is 33.1 Å². The maximum Gasteiger partial charge on any atom is 0.122 e. The van der Waals surface area contributed by atoms with E-state index in [9.17, 15) is 0 Å². The van der Waals surface area contributed by atoms with Crippen molar-refractivity contribution in [2.75, 3.05) is 7.11 Å². The normalized spacial score (nSPS) is 12.3. The fourth-order valence-corrected chi connectivity index (χ4v) is 3.23. The molecule has 1 atom stereocenters. The molecule has 2 aromatic rings. The molecular formula is C18H21ClO. The standard InChI is InChI=1S/C18H21ClO/c1-11-8-13(3)17(14(4)9-11)18(19)15-7-6-12(2)16(10-15)20-5/h6-10,18H,1-5H3. The minimum atomic E-state index is -0.148. The van der Waals surface area contributed by atoms with E-state index in [4.69, 9.17) is 16.3 Å². The van der Waals surface area contributed by atoms with Crippen LogP contribution in [0.1, 0.15) is 38.8 Å². The van der Waals surface area contributed by atoms with Gasteiger partial charge in [0, 0.05) is 0 Å². The van der Waals surface area contributed by atoms with Gasteiger partial charge in [-0.2, -0.15) is 0 Å². The molecule has 0 aliphatic heterocycles. The predicted molar refractivity (Wildman–Crippen MR) is 86.1 cm³/mol. The maximum absolute atomic E-state index is 6.72. The fraction of sp³-hybridized carbons (Fsp3) is 0.333. The molecule has 0 amide bonds. The second-order valence-electron chi connectivity index (χ2n) is 5.40. The molecule has 20 heavy (non-hydrogen) atoms. The van der Waals surface area contributed by atoms with Crippen molar-refractivity contribution in [3.8, 4) is 5.75 Å². The summed E-state index contributed by atoms with van der Waals surface area (Å²) >= 11 is 6.72. The van der Waals surface area contributed by atoms with Crippen LogP contribution in [-0.4, -0.2) is 7.11 Å². The zero-order chi connectivity index (χ0) is 14.9. The maximum atomic E-state index is 6.72. The smallest absolute Gasteiger partial charge is 0.122 e. The zero-order valence-corrected chi connectivity index (χ0v) is 13.5. The molecule has 0 aliphatic rings. The molecule has 0 heterocycles. The Bertz CT molecular complexity index is 608. The molecule has 0 spiro atoms. The van der Waals surface area contributed by atoms with Gasteiger partial charge in [0.25, 0.3) is 0 Å². The molecule has 0 fully saturated rings. The van der Waals surface area contributed by atoms with Crippen LogP contribution in [0.2, 0.25) is 0 Å². The van der Waals surface area contributed by atoms with Gasteiger partial charge in [-0.1, -0.05) is 29.8 Å². The Hall–Kier alpha value is -1.47. The molecular weight excluding hydrogens is 268 g/mol. The highest BCUT2D eigenvalue weighted by Crippen LogP contribution is 2.36. The van der Waals surface area contributed by atoms with Gasteiger partial charge in [0.2, 0.25) is 0 Å². The van der Waals surface area contributed by atoms with E-state index in [-0.39, 0.29) is 5.38 Å². The van der Waals surface area contributed by atoms with Crippen LogP contribution in [0.5, 0.6) is 5.75 Å². The third-order valence-corrected chi connectivity index (χ3v) is 4.19. The summed E-state index contributed by atoms with van der Waals surface area (Å²) in [4.78, 5) is 0. The number of rotatable bonds is 3. The van der Waals surface area contributed by atoms with Crippen LogP contribution in [-0.2, 0) is 0 Å². The van der Waals surface area contributed by atoms with Crippen LogP contribution in [0.3, 0.4) is 0 Å². The number of benzene rings is 2. The van der Waals surface area contributed by atoms with Gasteiger partial charge >= 0.3 is 0 Å². The molecule has 0 radical (unpaired) electrons. The summed E-state index contributed by atoms with van der Waals surface area (Å²) in [6.45, 7) is 8.39. The van der Waals surface area contributed by atoms with E-state index in [1.54, 1.807) is 7.11 Å². The average molecular weight is 289 g/mol. The molecule has 0 aliphatic carbocycles. The first-order valence-electron chi connectivity index (χ1n) is 6.80. The summed E-state index contributed by atoms with van der Waals surface area (Å²) < 4.78 is 5.39. The number of aryl methyl sites for hydroxylation is 4. The van der Waals surface area contributed by atoms with Crippen molar-refractivity contribution in [2.24, 2.45) is 0 Å². The first-order valence-corrected chi connectivity index (χ1v) is 7.24. The summed E-state index contributed by atoms with van der Waals surface area (Å²) in [7, 11) is 1.69. The monoisotopic (exact) mass is 288 g/mol. The van der Waals surface area contributed by atoms with Crippen molar-refractivity contribution in [3.63, 3.8) is 0 Å². The number of methoxy groups -OCH3 is 1. The highest BCUT2D eigenvalue weighted by molar-refractivity contribution is 6.22. The Morgan fingerprint density at radius 3 is 2.05 bits per heavy atom. The third-order valence-electron chi connectivity index (χ3n) is 3.72. The van der Waals surface area contributed by atoms with Crippen LogP contribution >= 0.6 is 11.6 Å². The summed E-state index contributed by atoms with van der Waals surface area (Å²) in [5.41, 5.74) is 7.14. The molecule has 2 heteroatoms. The minimum absolute atomic E-state index is 0.148. The third kappa shape index (κ3) is 2.83. The predicted octanol–water partition coefficient (Wildman–Crippen LogP) is 5.26. The lowest BCUT2D eigenvalue weighted by molar-refractivity contribution is 0.411. The topological polar surface area (TPSA) is 9.23 Å². The van der Waals surface area contributed by atoms with Crippen molar-refractivity contribution in [1.82, 2.24) is 0 Å². The first-order chi connectivity index (χ1) is 9.43. The number of hydrogen-bond acceptors (Lipinski definition) is 1. The number of alkyl halides is 1. The van der Waals surface area contributed by atoms with Gasteiger partial charge < -0.3 is 4.74 Å². The van der Waals surface area contributed by atoms with Crippen LogP contribution < -0.4 is 4.74 Å². The van der Waals surface area contributed by atoms with Crippen molar-refractivity contribution in [1.29, 1.82) is 0 Å². The van der Waals surface area contributed by atoms with Gasteiger partial charge in [-0.05, 0) is 61.6 Å². The van der Waals surface area contributed by atoms with Gasteiger partial charge in [0.1, 0.15) is 5.75 Å². The molecule has 1 unspecified atom stereocenters. The lowest BCUT2D eigenvalue weighted by Crippen LogP contribution is -2.01. The Kier molecular flexibility index (Phi) is 4.39. The number of hydrogen-bond donors (Lipinski definition) is 0. The molecule has 0 saturated heterocycles. The fourth-order valence-electron chi connectivity index (χ4n) is 2.75. The Morgan fingerprint density at radius 2 is 1.50 bits per heavy atom. The highest BCUT2D eigenvalue weighted by Gasteiger charge is 2.17. The van der Waals surface area contributed by atoms with Gasteiger partial charge in [-0.3, -0.25) is 0 Å². The molecule has 2 rings (SSSR count). The van der Waals surface area contributed by atoms with Crippen LogP contribution in [0.25, 0.3) is 0 Å². The van der Waals surface area contributed by atoms with E-state index >= 15 is 0 Å². The second kappa shape index (κ2) is 5.88. The Balaban J connectivity index is 2.49. The van der Waals surface area contributed by atoms with E-state index in [2.05, 4.69) is 45.0 Å². The van der Waals surface area contributed by atoms with E-state index in [0.29, 0.717) is 0 Å². The van der Waals surface area contributed by atoms with Crippen molar-refractivity contribution >= 4 is 11.6 Å². The largest absolute Gasteiger partial charge is 0.496 e. The molecule has 1 nitrogen and oxygen atoms in total. The van der Waals surface area contributed by atoms with E-state index in [0.717, 1.165) is 16.9 Å². The first kappa shape index (κ1) is 14.9. The average Bonchev–Trinajstić information content (AvgIpc) is 2.37. The second-order valence-corrected chi connectivity index (χ2v) is 5.84. The van der Waals surface area contributed by atoms with Gasteiger partial charge in [-0.15, -0.1) is 11.6 Å². The molecule has 2 aromatic carbocycles. The van der Waals surface area contributed by atoms with Crippen molar-refractivity contribution in [3.05, 3.63) is 63.7 Å². The van der Waals surface area contributed by atoms with Gasteiger partial charge in [0.15, 0.2) is 0 Å². The zero-order valence-electron chi connectivity index (χ0n) is 12.8. The summed E-state index contributed by atoms with van der Waals surface area (Å²) in [5.74, 6) is 0.885. The molecule has 0 bridgehead atoms. The molecule has 0 aromatic heterocycles. The van der Waals surface area contributed by atoms with Crippen LogP contribution in [0.4, 0.5) is 0 Å². The van der Waals surface area contributed by atoms with Gasteiger partial charge in [0.05, 0.1) is 12.5 Å². The van der Waals surface area contributed by atoms with Crippen LogP contribution in [0.15, 0.2) is 30.3 Å². The van der Waals surface area contributed by atoms with E-state index in [1.807, 2.05) is 13.0 Å². The quantitative estimate of drug-likeness (QED) is 0.700. The van der Waals surface area contributed by atoms with E-state index < -0.39 is 0 Å². The van der Waals surface area contributed by atoms with Crippen molar-refractivity contribution < 1.29 is 4.74 Å². The lowest BCUT2D eigenvalue weighted by Gasteiger charge is -2.18. The summed E-state index contributed by atoms with van der Waals surface area (Å²) in [6, 6.07) is 10.5. The molecule has 0 saturated carbocycles. The summed E-state index contributed by atoms with van der Waals surface area (Å²) in [5, 5.41) is -0.148. The SMILES string of the molecule is COc1cc(C(Cl)c2c(C)cc(C)cc2C)ccc1C. The summed E-state index contributed by atoms with van der Waals surface area (Å²) in [6.07, 6.45) is 0. The van der Waals surface area contributed by atoms with E-state index in [1.165, 1.54) is 22.3 Å². The number of halogens is 1. The minimum Gasteiger partial charge on any atom is -0.496 e. The Labute approximate surface area is 126 Å². The molecule has 0 N–H and O–H groups in total. The molecule has 106 valence electrons. The number of ether oxygens (including phenoxy) is 1. The van der Waals surface area contributed by atoms with Gasteiger partial charge in [-0.25, -0.2) is 0 Å².